The number of carbonyl (C=O) groups is 2. The number of carbonyl (C=O) groups excluding carboxylic acids is 2. The van der Waals surface area contributed by atoms with Crippen molar-refractivity contribution in [3.05, 3.63) is 30.0 Å². The van der Waals surface area contributed by atoms with Crippen molar-refractivity contribution in [2.45, 2.75) is 33.6 Å². The van der Waals surface area contributed by atoms with E-state index in [-0.39, 0.29) is 17.6 Å². The second kappa shape index (κ2) is 5.72. The first-order valence-electron chi connectivity index (χ1n) is 8.00. The Hall–Kier alpha value is -2.30. The number of amides is 2. The fourth-order valence-corrected chi connectivity index (χ4v) is 2.69. The quantitative estimate of drug-likeness (QED) is 0.920. The Balaban J connectivity index is 2.04. The summed E-state index contributed by atoms with van der Waals surface area (Å²) >= 11 is 0. The smallest absolute Gasteiger partial charge is 0.291 e. The van der Waals surface area contributed by atoms with Crippen LogP contribution in [0.15, 0.2) is 28.7 Å². The lowest BCUT2D eigenvalue weighted by Gasteiger charge is -2.19. The summed E-state index contributed by atoms with van der Waals surface area (Å²) in [5.41, 5.74) is 0.545. The number of nitrogens with one attached hydrogen (secondary N) is 1. The van der Waals surface area contributed by atoms with Gasteiger partial charge in [-0.05, 0) is 25.0 Å². The number of anilines is 1. The average Bonchev–Trinajstić information content (AvgIpc) is 3.14. The predicted octanol–water partition coefficient (Wildman–Crippen LogP) is 3.65. The summed E-state index contributed by atoms with van der Waals surface area (Å²) in [4.78, 5) is 26.9. The van der Waals surface area contributed by atoms with E-state index in [0.717, 1.165) is 31.3 Å². The zero-order chi connectivity index (χ0) is 16.6. The molecule has 0 saturated carbocycles. The molecule has 0 atom stereocenters. The van der Waals surface area contributed by atoms with Crippen molar-refractivity contribution in [1.82, 2.24) is 4.90 Å². The van der Waals surface area contributed by atoms with Crippen LogP contribution in [0.4, 0.5) is 5.69 Å². The van der Waals surface area contributed by atoms with E-state index in [9.17, 15) is 9.59 Å². The Morgan fingerprint density at radius 2 is 1.78 bits per heavy atom. The lowest BCUT2D eigenvalue weighted by Crippen LogP contribution is -2.31. The molecule has 2 amide bonds. The van der Waals surface area contributed by atoms with Crippen LogP contribution in [0.3, 0.4) is 0 Å². The summed E-state index contributed by atoms with van der Waals surface area (Å²) in [6.45, 7) is 7.00. The summed E-state index contributed by atoms with van der Waals surface area (Å²) in [7, 11) is 0. The monoisotopic (exact) mass is 314 g/mol. The zero-order valence-electron chi connectivity index (χ0n) is 13.8. The molecule has 2 heterocycles. The lowest BCUT2D eigenvalue weighted by atomic mass is 9.95. The zero-order valence-corrected chi connectivity index (χ0v) is 13.8. The lowest BCUT2D eigenvalue weighted by molar-refractivity contribution is -0.123. The van der Waals surface area contributed by atoms with E-state index in [0.29, 0.717) is 11.3 Å². The van der Waals surface area contributed by atoms with Crippen LogP contribution >= 0.6 is 0 Å². The van der Waals surface area contributed by atoms with Crippen molar-refractivity contribution in [1.29, 1.82) is 0 Å². The molecule has 1 aromatic heterocycles. The maximum Gasteiger partial charge on any atom is 0.291 e. The van der Waals surface area contributed by atoms with Gasteiger partial charge in [0, 0.05) is 23.9 Å². The molecule has 1 aliphatic heterocycles. The highest BCUT2D eigenvalue weighted by Crippen LogP contribution is 2.33. The molecule has 0 unspecified atom stereocenters. The van der Waals surface area contributed by atoms with Gasteiger partial charge in [0.1, 0.15) is 11.3 Å². The summed E-state index contributed by atoms with van der Waals surface area (Å²) in [5.74, 6) is -0.0619. The molecule has 1 N–H and O–H groups in total. The molecule has 5 heteroatoms. The molecule has 0 bridgehead atoms. The highest BCUT2D eigenvalue weighted by molar-refractivity contribution is 6.11. The average molecular weight is 314 g/mol. The Kier molecular flexibility index (Phi) is 3.88. The van der Waals surface area contributed by atoms with Crippen molar-refractivity contribution in [3.63, 3.8) is 0 Å². The van der Waals surface area contributed by atoms with Crippen LogP contribution in [0.25, 0.3) is 11.0 Å². The second-order valence-corrected chi connectivity index (χ2v) is 7.01. The number of furan rings is 1. The molecule has 1 aromatic carbocycles. The normalized spacial score (nSPS) is 15.2. The van der Waals surface area contributed by atoms with E-state index in [1.165, 1.54) is 0 Å². The van der Waals surface area contributed by atoms with Gasteiger partial charge >= 0.3 is 0 Å². The number of para-hydroxylation sites is 1. The number of rotatable bonds is 2. The van der Waals surface area contributed by atoms with E-state index >= 15 is 0 Å². The second-order valence-electron chi connectivity index (χ2n) is 7.01. The SMILES string of the molecule is CC(C)(C)C(=O)Nc1c(C(=O)N2CCCC2)oc2ccccc12. The molecular formula is C18H22N2O3. The molecule has 0 aliphatic carbocycles. The first kappa shape index (κ1) is 15.6. The minimum absolute atomic E-state index is 0.139. The van der Waals surface area contributed by atoms with Gasteiger partial charge in [0.05, 0.1) is 0 Å². The third-order valence-corrected chi connectivity index (χ3v) is 4.10. The van der Waals surface area contributed by atoms with Gasteiger partial charge in [-0.1, -0.05) is 32.9 Å². The molecule has 0 spiro atoms. The Labute approximate surface area is 135 Å². The molecule has 1 aliphatic rings. The van der Waals surface area contributed by atoms with Crippen molar-refractivity contribution in [2.75, 3.05) is 18.4 Å². The number of benzene rings is 1. The van der Waals surface area contributed by atoms with Crippen LogP contribution in [-0.4, -0.2) is 29.8 Å². The summed E-state index contributed by atoms with van der Waals surface area (Å²) in [6.07, 6.45) is 2.02. The van der Waals surface area contributed by atoms with Gasteiger partial charge < -0.3 is 14.6 Å². The molecule has 1 fully saturated rings. The van der Waals surface area contributed by atoms with Gasteiger partial charge in [-0.2, -0.15) is 0 Å². The Morgan fingerprint density at radius 3 is 2.43 bits per heavy atom. The minimum Gasteiger partial charge on any atom is -0.449 e. The minimum atomic E-state index is -0.549. The molecule has 23 heavy (non-hydrogen) atoms. The van der Waals surface area contributed by atoms with E-state index in [1.54, 1.807) is 4.90 Å². The predicted molar refractivity (Wildman–Crippen MR) is 89.4 cm³/mol. The van der Waals surface area contributed by atoms with Gasteiger partial charge in [-0.15, -0.1) is 0 Å². The highest BCUT2D eigenvalue weighted by atomic mass is 16.3. The number of hydrogen-bond acceptors (Lipinski definition) is 3. The maximum absolute atomic E-state index is 12.7. The van der Waals surface area contributed by atoms with Crippen molar-refractivity contribution in [2.24, 2.45) is 5.41 Å². The molecular weight excluding hydrogens is 292 g/mol. The molecule has 1 saturated heterocycles. The third-order valence-electron chi connectivity index (χ3n) is 4.10. The van der Waals surface area contributed by atoms with Gasteiger partial charge in [-0.3, -0.25) is 9.59 Å². The largest absolute Gasteiger partial charge is 0.449 e. The van der Waals surface area contributed by atoms with Crippen molar-refractivity contribution in [3.8, 4) is 0 Å². The molecule has 122 valence electrons. The number of likely N-dealkylation sites (tertiary alicyclic amines) is 1. The number of nitrogens with zero attached hydrogens (tertiary/aromatic N) is 1. The van der Waals surface area contributed by atoms with E-state index in [2.05, 4.69) is 5.32 Å². The summed E-state index contributed by atoms with van der Waals surface area (Å²) in [5, 5.41) is 3.65. The standard InChI is InChI=1S/C18H22N2O3/c1-18(2,3)17(22)19-14-12-8-4-5-9-13(12)23-15(14)16(21)20-10-6-7-11-20/h4-5,8-9H,6-7,10-11H2,1-3H3,(H,19,22). The van der Waals surface area contributed by atoms with Crippen LogP contribution in [0.5, 0.6) is 0 Å². The van der Waals surface area contributed by atoms with E-state index < -0.39 is 5.41 Å². The third kappa shape index (κ3) is 2.96. The van der Waals surface area contributed by atoms with Gasteiger partial charge in [0.25, 0.3) is 5.91 Å². The van der Waals surface area contributed by atoms with Crippen molar-refractivity contribution >= 4 is 28.5 Å². The van der Waals surface area contributed by atoms with Gasteiger partial charge in [0.2, 0.25) is 11.7 Å². The molecule has 5 nitrogen and oxygen atoms in total. The first-order chi connectivity index (χ1) is 10.9. The Bertz CT molecular complexity index is 749. The Morgan fingerprint density at radius 1 is 1.13 bits per heavy atom. The van der Waals surface area contributed by atoms with Crippen LogP contribution in [0.2, 0.25) is 0 Å². The van der Waals surface area contributed by atoms with Crippen LogP contribution < -0.4 is 5.32 Å². The van der Waals surface area contributed by atoms with Crippen LogP contribution in [0.1, 0.15) is 44.2 Å². The fraction of sp³-hybridized carbons (Fsp3) is 0.444. The summed E-state index contributed by atoms with van der Waals surface area (Å²) in [6, 6.07) is 7.39. The topological polar surface area (TPSA) is 62.6 Å². The first-order valence-corrected chi connectivity index (χ1v) is 8.00. The van der Waals surface area contributed by atoms with Gasteiger partial charge in [0.15, 0.2) is 0 Å². The van der Waals surface area contributed by atoms with Gasteiger partial charge in [-0.25, -0.2) is 0 Å². The van der Waals surface area contributed by atoms with Crippen LogP contribution in [-0.2, 0) is 4.79 Å². The molecule has 2 aromatic rings. The van der Waals surface area contributed by atoms with E-state index in [4.69, 9.17) is 4.42 Å². The molecule has 3 rings (SSSR count). The summed E-state index contributed by atoms with van der Waals surface area (Å²) < 4.78 is 5.78. The van der Waals surface area contributed by atoms with Crippen molar-refractivity contribution < 1.29 is 14.0 Å². The number of fused-ring (bicyclic) bond motifs is 1. The highest BCUT2D eigenvalue weighted by Gasteiger charge is 2.30. The number of hydrogen-bond donors (Lipinski definition) is 1. The molecule has 0 radical (unpaired) electrons. The maximum atomic E-state index is 12.7. The van der Waals surface area contributed by atoms with Crippen LogP contribution in [0, 0.1) is 5.41 Å². The van der Waals surface area contributed by atoms with E-state index in [1.807, 2.05) is 45.0 Å². The fourth-order valence-electron chi connectivity index (χ4n) is 2.69.